The van der Waals surface area contributed by atoms with Gasteiger partial charge in [-0.15, -0.1) is 0 Å². The van der Waals surface area contributed by atoms with Gasteiger partial charge in [0.2, 0.25) is 0 Å². The van der Waals surface area contributed by atoms with Crippen LogP contribution in [0.4, 0.5) is 4.39 Å². The SMILES string of the molecule is N#Cc1cn(CCOc2ccc(F)cc2)c2ccc(Br)cc12. The Balaban J connectivity index is 1.77. The van der Waals surface area contributed by atoms with Crippen molar-refractivity contribution in [3.8, 4) is 11.8 Å². The Morgan fingerprint density at radius 1 is 1.18 bits per heavy atom. The van der Waals surface area contributed by atoms with E-state index in [1.165, 1.54) is 12.1 Å². The third kappa shape index (κ3) is 2.97. The Morgan fingerprint density at radius 2 is 1.95 bits per heavy atom. The summed E-state index contributed by atoms with van der Waals surface area (Å²) in [5.74, 6) is 0.342. The highest BCUT2D eigenvalue weighted by atomic mass is 79.9. The molecule has 0 fully saturated rings. The van der Waals surface area contributed by atoms with E-state index in [9.17, 15) is 9.65 Å². The maximum absolute atomic E-state index is 12.8. The van der Waals surface area contributed by atoms with Crippen molar-refractivity contribution in [2.24, 2.45) is 0 Å². The first-order chi connectivity index (χ1) is 10.7. The maximum Gasteiger partial charge on any atom is 0.123 e. The molecule has 0 N–H and O–H groups in total. The summed E-state index contributed by atoms with van der Waals surface area (Å²) >= 11 is 3.42. The molecule has 0 amide bonds. The molecular weight excluding hydrogens is 347 g/mol. The van der Waals surface area contributed by atoms with Crippen LogP contribution in [0.2, 0.25) is 0 Å². The Labute approximate surface area is 135 Å². The van der Waals surface area contributed by atoms with E-state index in [1.807, 2.05) is 29.0 Å². The van der Waals surface area contributed by atoms with E-state index in [1.54, 1.807) is 12.1 Å². The molecule has 110 valence electrons. The lowest BCUT2D eigenvalue weighted by atomic mass is 10.2. The molecule has 3 aromatic rings. The molecule has 5 heteroatoms. The second kappa shape index (κ2) is 6.20. The lowest BCUT2D eigenvalue weighted by Gasteiger charge is -2.08. The molecule has 2 aromatic carbocycles. The smallest absolute Gasteiger partial charge is 0.123 e. The summed E-state index contributed by atoms with van der Waals surface area (Å²) in [6, 6.07) is 14.0. The summed E-state index contributed by atoms with van der Waals surface area (Å²) in [5.41, 5.74) is 1.63. The highest BCUT2D eigenvalue weighted by Gasteiger charge is 2.08. The number of hydrogen-bond donors (Lipinski definition) is 0. The van der Waals surface area contributed by atoms with Crippen molar-refractivity contribution in [3.05, 3.63) is 64.5 Å². The summed E-state index contributed by atoms with van der Waals surface area (Å²) in [5, 5.41) is 10.1. The molecule has 0 atom stereocenters. The molecule has 0 spiro atoms. The van der Waals surface area contributed by atoms with Gasteiger partial charge in [0.15, 0.2) is 0 Å². The van der Waals surface area contributed by atoms with Gasteiger partial charge in [0, 0.05) is 21.6 Å². The number of fused-ring (bicyclic) bond motifs is 1. The van der Waals surface area contributed by atoms with Crippen LogP contribution in [0.3, 0.4) is 0 Å². The van der Waals surface area contributed by atoms with Gasteiger partial charge >= 0.3 is 0 Å². The zero-order chi connectivity index (χ0) is 15.5. The van der Waals surface area contributed by atoms with E-state index in [0.29, 0.717) is 24.5 Å². The number of hydrogen-bond acceptors (Lipinski definition) is 2. The molecule has 0 aliphatic carbocycles. The molecule has 22 heavy (non-hydrogen) atoms. The maximum atomic E-state index is 12.8. The number of rotatable bonds is 4. The van der Waals surface area contributed by atoms with Crippen LogP contribution >= 0.6 is 15.9 Å². The molecule has 0 saturated heterocycles. The second-order valence-electron chi connectivity index (χ2n) is 4.81. The third-order valence-electron chi connectivity index (χ3n) is 3.38. The minimum atomic E-state index is -0.284. The molecular formula is C17H12BrFN2O. The molecule has 0 saturated carbocycles. The van der Waals surface area contributed by atoms with Gasteiger partial charge in [-0.25, -0.2) is 4.39 Å². The fourth-order valence-corrected chi connectivity index (χ4v) is 2.70. The lowest BCUT2D eigenvalue weighted by Crippen LogP contribution is -2.07. The highest BCUT2D eigenvalue weighted by Crippen LogP contribution is 2.24. The number of nitrogens with zero attached hydrogens (tertiary/aromatic N) is 2. The summed E-state index contributed by atoms with van der Waals surface area (Å²) in [6.07, 6.45) is 1.82. The average molecular weight is 359 g/mol. The number of halogens is 2. The minimum absolute atomic E-state index is 0.284. The predicted molar refractivity (Wildman–Crippen MR) is 86.2 cm³/mol. The van der Waals surface area contributed by atoms with E-state index in [4.69, 9.17) is 4.74 Å². The normalized spacial score (nSPS) is 10.6. The van der Waals surface area contributed by atoms with Crippen LogP contribution in [0, 0.1) is 17.1 Å². The van der Waals surface area contributed by atoms with Crippen molar-refractivity contribution in [1.82, 2.24) is 4.57 Å². The van der Waals surface area contributed by atoms with E-state index < -0.39 is 0 Å². The van der Waals surface area contributed by atoms with Crippen LogP contribution in [0.25, 0.3) is 10.9 Å². The van der Waals surface area contributed by atoms with Gasteiger partial charge in [-0.3, -0.25) is 0 Å². The van der Waals surface area contributed by atoms with Gasteiger partial charge < -0.3 is 9.30 Å². The van der Waals surface area contributed by atoms with Gasteiger partial charge in [-0.05, 0) is 42.5 Å². The van der Waals surface area contributed by atoms with Crippen LogP contribution in [-0.2, 0) is 6.54 Å². The van der Waals surface area contributed by atoms with Crippen LogP contribution in [-0.4, -0.2) is 11.2 Å². The lowest BCUT2D eigenvalue weighted by molar-refractivity contribution is 0.300. The Hall–Kier alpha value is -2.32. The first kappa shape index (κ1) is 14.6. The Morgan fingerprint density at radius 3 is 2.68 bits per heavy atom. The molecule has 0 unspecified atom stereocenters. The number of ether oxygens (including phenoxy) is 1. The molecule has 1 aromatic heterocycles. The standard InChI is InChI=1S/C17H12BrFN2O/c18-13-1-6-17-16(9-13)12(10-20)11-21(17)7-8-22-15-4-2-14(19)3-5-15/h1-6,9,11H,7-8H2. The largest absolute Gasteiger partial charge is 0.492 e. The molecule has 0 radical (unpaired) electrons. The molecule has 0 aliphatic rings. The molecule has 0 bridgehead atoms. The topological polar surface area (TPSA) is 38.0 Å². The third-order valence-corrected chi connectivity index (χ3v) is 3.87. The number of nitriles is 1. The van der Waals surface area contributed by atoms with Crippen molar-refractivity contribution in [1.29, 1.82) is 5.26 Å². The van der Waals surface area contributed by atoms with Gasteiger partial charge in [0.05, 0.1) is 12.1 Å². The Bertz CT molecular complexity index is 849. The summed E-state index contributed by atoms with van der Waals surface area (Å²) in [7, 11) is 0. The fourth-order valence-electron chi connectivity index (χ4n) is 2.34. The number of benzene rings is 2. The highest BCUT2D eigenvalue weighted by molar-refractivity contribution is 9.10. The van der Waals surface area contributed by atoms with Crippen LogP contribution in [0.1, 0.15) is 5.56 Å². The molecule has 0 aliphatic heterocycles. The van der Waals surface area contributed by atoms with Gasteiger partial charge in [-0.2, -0.15) is 5.26 Å². The van der Waals surface area contributed by atoms with Gasteiger partial charge in [-0.1, -0.05) is 15.9 Å². The summed E-state index contributed by atoms with van der Waals surface area (Å²) < 4.78 is 21.4. The average Bonchev–Trinajstić information content (AvgIpc) is 2.86. The Kier molecular flexibility index (Phi) is 4.12. The van der Waals surface area contributed by atoms with Gasteiger partial charge in [0.25, 0.3) is 0 Å². The van der Waals surface area contributed by atoms with Crippen molar-refractivity contribution in [2.75, 3.05) is 6.61 Å². The second-order valence-corrected chi connectivity index (χ2v) is 5.73. The monoisotopic (exact) mass is 358 g/mol. The van der Waals surface area contributed by atoms with E-state index in [0.717, 1.165) is 15.4 Å². The van der Waals surface area contributed by atoms with Gasteiger partial charge in [0.1, 0.15) is 24.2 Å². The first-order valence-corrected chi connectivity index (χ1v) is 7.53. The van der Waals surface area contributed by atoms with E-state index in [-0.39, 0.29) is 5.82 Å². The zero-order valence-electron chi connectivity index (χ0n) is 11.6. The van der Waals surface area contributed by atoms with Crippen molar-refractivity contribution in [3.63, 3.8) is 0 Å². The number of aromatic nitrogens is 1. The molecule has 3 rings (SSSR count). The van der Waals surface area contributed by atoms with E-state index >= 15 is 0 Å². The minimum Gasteiger partial charge on any atom is -0.492 e. The quantitative estimate of drug-likeness (QED) is 0.688. The van der Waals surface area contributed by atoms with Crippen molar-refractivity contribution in [2.45, 2.75) is 6.54 Å². The summed E-state index contributed by atoms with van der Waals surface area (Å²) in [6.45, 7) is 1.05. The van der Waals surface area contributed by atoms with Crippen molar-refractivity contribution >= 4 is 26.8 Å². The summed E-state index contributed by atoms with van der Waals surface area (Å²) in [4.78, 5) is 0. The van der Waals surface area contributed by atoms with E-state index in [2.05, 4.69) is 22.0 Å². The predicted octanol–water partition coefficient (Wildman–Crippen LogP) is 4.49. The fraction of sp³-hybridized carbons (Fsp3) is 0.118. The van der Waals surface area contributed by atoms with Crippen LogP contribution in [0.5, 0.6) is 5.75 Å². The van der Waals surface area contributed by atoms with Crippen molar-refractivity contribution < 1.29 is 9.13 Å². The van der Waals surface area contributed by atoms with Crippen LogP contribution in [0.15, 0.2) is 53.1 Å². The zero-order valence-corrected chi connectivity index (χ0v) is 13.2. The molecule has 1 heterocycles. The van der Waals surface area contributed by atoms with Crippen LogP contribution < -0.4 is 4.74 Å². The molecule has 3 nitrogen and oxygen atoms in total. The first-order valence-electron chi connectivity index (χ1n) is 6.74.